The highest BCUT2D eigenvalue weighted by Gasteiger charge is 2.50. The van der Waals surface area contributed by atoms with Gasteiger partial charge in [-0.2, -0.15) is 5.26 Å². The van der Waals surface area contributed by atoms with Gasteiger partial charge in [-0.15, -0.1) is 0 Å². The summed E-state index contributed by atoms with van der Waals surface area (Å²) in [5.74, 6) is 1.49. The van der Waals surface area contributed by atoms with Crippen LogP contribution < -0.4 is 20.1 Å². The number of urea groups is 1. The van der Waals surface area contributed by atoms with Crippen molar-refractivity contribution in [1.29, 1.82) is 5.26 Å². The molecular weight excluding hydrogens is 404 g/mol. The molecule has 2 aromatic carbocycles. The van der Waals surface area contributed by atoms with Crippen LogP contribution in [0.5, 0.6) is 11.5 Å². The van der Waals surface area contributed by atoms with Crippen LogP contribution in [-0.2, 0) is 5.41 Å². The zero-order valence-electron chi connectivity index (χ0n) is 18.9. The molecule has 1 aliphatic heterocycles. The average Bonchev–Trinajstić information content (AvgIpc) is 3.16. The van der Waals surface area contributed by atoms with Crippen LogP contribution in [0.25, 0.3) is 0 Å². The van der Waals surface area contributed by atoms with Gasteiger partial charge in [0.15, 0.2) is 11.5 Å². The molecule has 7 heteroatoms. The molecule has 1 saturated heterocycles. The number of anilines is 1. The Morgan fingerprint density at radius 1 is 1.16 bits per heavy atom. The number of nitrogens with zero attached hydrogens (tertiary/aromatic N) is 2. The van der Waals surface area contributed by atoms with E-state index in [0.717, 1.165) is 43.7 Å². The third-order valence-corrected chi connectivity index (χ3v) is 7.12. The Bertz CT molecular complexity index is 1030. The number of amides is 2. The topological polar surface area (TPSA) is 86.6 Å². The summed E-state index contributed by atoms with van der Waals surface area (Å²) in [7, 11) is 5.49. The number of ether oxygens (including phenoxy) is 2. The molecule has 0 aromatic heterocycles. The lowest BCUT2D eigenvalue weighted by atomic mass is 9.65. The molecule has 0 unspecified atom stereocenters. The Morgan fingerprint density at radius 2 is 1.94 bits per heavy atom. The molecule has 2 amide bonds. The number of rotatable bonds is 5. The Morgan fingerprint density at radius 3 is 2.69 bits per heavy atom. The van der Waals surface area contributed by atoms with E-state index in [4.69, 9.17) is 9.47 Å². The van der Waals surface area contributed by atoms with Gasteiger partial charge in [-0.25, -0.2) is 4.79 Å². The highest BCUT2D eigenvalue weighted by atomic mass is 16.5. The zero-order valence-corrected chi connectivity index (χ0v) is 18.9. The smallest absolute Gasteiger partial charge is 0.319 e. The van der Waals surface area contributed by atoms with E-state index in [2.05, 4.69) is 40.8 Å². The molecule has 168 valence electrons. The molecular formula is C25H30N4O3. The average molecular weight is 435 g/mol. The highest BCUT2D eigenvalue weighted by molar-refractivity contribution is 5.90. The number of fused-ring (bicyclic) bond motifs is 1. The molecule has 2 aliphatic rings. The van der Waals surface area contributed by atoms with Crippen molar-refractivity contribution in [3.05, 3.63) is 53.6 Å². The number of methoxy groups -OCH3 is 2. The van der Waals surface area contributed by atoms with Crippen LogP contribution in [0, 0.1) is 11.3 Å². The molecule has 4 rings (SSSR count). The number of hydrogen-bond acceptors (Lipinski definition) is 5. The number of likely N-dealkylation sites (tertiary alicyclic amines) is 1. The van der Waals surface area contributed by atoms with E-state index in [1.165, 1.54) is 5.56 Å². The monoisotopic (exact) mass is 434 g/mol. The molecule has 2 N–H and O–H groups in total. The molecule has 0 spiro atoms. The molecule has 2 aromatic rings. The third kappa shape index (κ3) is 3.98. The minimum absolute atomic E-state index is 0.0381. The summed E-state index contributed by atoms with van der Waals surface area (Å²) >= 11 is 0. The molecule has 1 saturated carbocycles. The van der Waals surface area contributed by atoms with E-state index >= 15 is 0 Å². The predicted molar refractivity (Wildman–Crippen MR) is 123 cm³/mol. The predicted octanol–water partition coefficient (Wildman–Crippen LogP) is 3.89. The fourth-order valence-corrected chi connectivity index (χ4v) is 5.43. The second kappa shape index (κ2) is 9.09. The molecule has 32 heavy (non-hydrogen) atoms. The van der Waals surface area contributed by atoms with Crippen molar-refractivity contribution in [3.8, 4) is 17.6 Å². The Hall–Kier alpha value is -3.24. The minimum Gasteiger partial charge on any atom is -0.493 e. The zero-order chi connectivity index (χ0) is 22.7. The largest absolute Gasteiger partial charge is 0.493 e. The van der Waals surface area contributed by atoms with Crippen LogP contribution >= 0.6 is 0 Å². The van der Waals surface area contributed by atoms with Crippen molar-refractivity contribution in [2.45, 2.75) is 43.2 Å². The van der Waals surface area contributed by atoms with Crippen LogP contribution in [0.4, 0.5) is 10.5 Å². The molecule has 2 fully saturated rings. The van der Waals surface area contributed by atoms with Gasteiger partial charge in [0.05, 0.1) is 25.5 Å². The summed E-state index contributed by atoms with van der Waals surface area (Å²) in [6.07, 6.45) is 3.83. The lowest BCUT2D eigenvalue weighted by molar-refractivity contribution is 0.156. The van der Waals surface area contributed by atoms with Crippen LogP contribution in [0.3, 0.4) is 0 Å². The van der Waals surface area contributed by atoms with Crippen LogP contribution in [-0.4, -0.2) is 50.8 Å². The number of nitriles is 1. The molecule has 0 bridgehead atoms. The lowest BCUT2D eigenvalue weighted by Gasteiger charge is -2.45. The van der Waals surface area contributed by atoms with Gasteiger partial charge < -0.3 is 25.0 Å². The quantitative estimate of drug-likeness (QED) is 0.746. The standard InChI is InChI=1S/C25H30N4O3/c1-29-13-12-25(18-8-9-21(31-2)22(14-18)32-3)11-10-19(15-23(25)29)27-24(30)28-20-7-5-4-6-17(20)16-26/h4-9,14,19,23H,10-13,15H2,1-3H3,(H2,27,28,30)/t19-,23+,25+/m1/s1. The van der Waals surface area contributed by atoms with Crippen LogP contribution in [0.1, 0.15) is 36.8 Å². The van der Waals surface area contributed by atoms with Gasteiger partial charge in [0, 0.05) is 17.5 Å². The first-order chi connectivity index (χ1) is 15.5. The summed E-state index contributed by atoms with van der Waals surface area (Å²) in [5, 5.41) is 15.2. The van der Waals surface area contributed by atoms with E-state index in [1.54, 1.807) is 32.4 Å². The molecule has 0 radical (unpaired) electrons. The van der Waals surface area contributed by atoms with E-state index in [9.17, 15) is 10.1 Å². The van der Waals surface area contributed by atoms with E-state index < -0.39 is 0 Å². The van der Waals surface area contributed by atoms with Crippen molar-refractivity contribution in [2.75, 3.05) is 33.1 Å². The van der Waals surface area contributed by atoms with Gasteiger partial charge in [0.1, 0.15) is 6.07 Å². The number of carbonyl (C=O) groups is 1. The molecule has 1 heterocycles. The Balaban J connectivity index is 1.49. The number of nitrogens with one attached hydrogen (secondary N) is 2. The fourth-order valence-electron chi connectivity index (χ4n) is 5.43. The third-order valence-electron chi connectivity index (χ3n) is 7.12. The molecule has 1 aliphatic carbocycles. The number of likely N-dealkylation sites (N-methyl/N-ethyl adjacent to an activating group) is 1. The summed E-state index contributed by atoms with van der Waals surface area (Å²) < 4.78 is 11.0. The lowest BCUT2D eigenvalue weighted by Crippen LogP contribution is -2.52. The fraction of sp³-hybridized carbons (Fsp3) is 0.440. The minimum atomic E-state index is -0.267. The summed E-state index contributed by atoms with van der Waals surface area (Å²) in [6, 6.07) is 15.5. The molecule has 7 nitrogen and oxygen atoms in total. The first kappa shape index (κ1) is 22.0. The maximum Gasteiger partial charge on any atom is 0.319 e. The van der Waals surface area contributed by atoms with Gasteiger partial charge in [0.2, 0.25) is 0 Å². The summed E-state index contributed by atoms with van der Waals surface area (Å²) in [4.78, 5) is 15.1. The number of para-hydroxylation sites is 1. The van der Waals surface area contributed by atoms with Gasteiger partial charge in [-0.3, -0.25) is 0 Å². The SMILES string of the molecule is COc1ccc([C@@]23CC[C@@H](NC(=O)Nc4ccccc4C#N)C[C@@H]2N(C)CC3)cc1OC. The van der Waals surface area contributed by atoms with Crippen molar-refractivity contribution < 1.29 is 14.3 Å². The van der Waals surface area contributed by atoms with Crippen molar-refractivity contribution in [2.24, 2.45) is 0 Å². The maximum atomic E-state index is 12.7. The van der Waals surface area contributed by atoms with Crippen molar-refractivity contribution >= 4 is 11.7 Å². The second-order valence-electron chi connectivity index (χ2n) is 8.70. The van der Waals surface area contributed by atoms with Crippen LogP contribution in [0.15, 0.2) is 42.5 Å². The van der Waals surface area contributed by atoms with E-state index in [1.807, 2.05) is 12.1 Å². The van der Waals surface area contributed by atoms with Gasteiger partial charge >= 0.3 is 6.03 Å². The van der Waals surface area contributed by atoms with E-state index in [-0.39, 0.29) is 17.5 Å². The summed E-state index contributed by atoms with van der Waals surface area (Å²) in [6.45, 7) is 1.02. The summed E-state index contributed by atoms with van der Waals surface area (Å²) in [5.41, 5.74) is 2.29. The highest BCUT2D eigenvalue weighted by Crippen LogP contribution is 2.49. The Labute approximate surface area is 189 Å². The first-order valence-corrected chi connectivity index (χ1v) is 11.0. The van der Waals surface area contributed by atoms with Crippen molar-refractivity contribution in [1.82, 2.24) is 10.2 Å². The van der Waals surface area contributed by atoms with Crippen LogP contribution in [0.2, 0.25) is 0 Å². The van der Waals surface area contributed by atoms with Gasteiger partial charge in [0.25, 0.3) is 0 Å². The number of hydrogen-bond donors (Lipinski definition) is 2. The van der Waals surface area contributed by atoms with Crippen molar-refractivity contribution in [3.63, 3.8) is 0 Å². The van der Waals surface area contributed by atoms with Gasteiger partial charge in [-0.1, -0.05) is 18.2 Å². The second-order valence-corrected chi connectivity index (χ2v) is 8.70. The first-order valence-electron chi connectivity index (χ1n) is 11.0. The van der Waals surface area contributed by atoms with Gasteiger partial charge in [-0.05, 0) is 69.1 Å². The number of carbonyl (C=O) groups excluding carboxylic acids is 1. The number of benzene rings is 2. The molecule has 3 atom stereocenters. The van der Waals surface area contributed by atoms with E-state index in [0.29, 0.717) is 17.3 Å². The maximum absolute atomic E-state index is 12.7. The normalized spacial score (nSPS) is 24.8. The Kier molecular flexibility index (Phi) is 6.24.